The highest BCUT2D eigenvalue weighted by molar-refractivity contribution is 5.76. The molecule has 1 heterocycles. The number of hydrogen-bond donors (Lipinski definition) is 2. The molecule has 2 N–H and O–H groups in total. The van der Waals surface area contributed by atoms with Gasteiger partial charge < -0.3 is 15.4 Å². The predicted octanol–water partition coefficient (Wildman–Crippen LogP) is 1.31. The van der Waals surface area contributed by atoms with Gasteiger partial charge in [0, 0.05) is 38.8 Å². The van der Waals surface area contributed by atoms with Crippen molar-refractivity contribution >= 4 is 5.91 Å². The van der Waals surface area contributed by atoms with E-state index in [1.165, 1.54) is 12.8 Å². The fourth-order valence-electron chi connectivity index (χ4n) is 2.37. The second kappa shape index (κ2) is 7.67. The van der Waals surface area contributed by atoms with Crippen LogP contribution in [0.5, 0.6) is 0 Å². The van der Waals surface area contributed by atoms with Gasteiger partial charge in [-0.2, -0.15) is 0 Å². The Balaban J connectivity index is 2.14. The molecule has 4 nitrogen and oxygen atoms in total. The lowest BCUT2D eigenvalue weighted by Crippen LogP contribution is -2.47. The average Bonchev–Trinajstić information content (AvgIpc) is 2.27. The van der Waals surface area contributed by atoms with Crippen LogP contribution in [0, 0.1) is 5.92 Å². The van der Waals surface area contributed by atoms with E-state index in [2.05, 4.69) is 17.6 Å². The van der Waals surface area contributed by atoms with Crippen LogP contribution in [0.25, 0.3) is 0 Å². The van der Waals surface area contributed by atoms with E-state index in [9.17, 15) is 4.79 Å². The highest BCUT2D eigenvalue weighted by Gasteiger charge is 2.18. The van der Waals surface area contributed by atoms with Crippen molar-refractivity contribution in [3.8, 4) is 0 Å². The van der Waals surface area contributed by atoms with Crippen molar-refractivity contribution < 1.29 is 9.53 Å². The van der Waals surface area contributed by atoms with Gasteiger partial charge in [0.05, 0.1) is 0 Å². The van der Waals surface area contributed by atoms with Gasteiger partial charge in [0.2, 0.25) is 5.91 Å². The number of methoxy groups -OCH3 is 1. The first-order valence-electron chi connectivity index (χ1n) is 6.63. The van der Waals surface area contributed by atoms with Crippen LogP contribution in [0.4, 0.5) is 0 Å². The highest BCUT2D eigenvalue weighted by atomic mass is 16.5. The summed E-state index contributed by atoms with van der Waals surface area (Å²) in [5.41, 5.74) is 0. The van der Waals surface area contributed by atoms with Crippen molar-refractivity contribution in [2.75, 3.05) is 20.3 Å². The van der Waals surface area contributed by atoms with Crippen LogP contribution in [0.1, 0.15) is 39.5 Å². The van der Waals surface area contributed by atoms with Crippen molar-refractivity contribution in [2.45, 2.75) is 51.6 Å². The largest absolute Gasteiger partial charge is 0.384 e. The summed E-state index contributed by atoms with van der Waals surface area (Å²) < 4.78 is 5.02. The Morgan fingerprint density at radius 2 is 2.29 bits per heavy atom. The number of carbonyl (C=O) groups is 1. The lowest BCUT2D eigenvalue weighted by Gasteiger charge is -2.29. The van der Waals surface area contributed by atoms with Crippen molar-refractivity contribution in [3.63, 3.8) is 0 Å². The first kappa shape index (κ1) is 14.5. The third-order valence-corrected chi connectivity index (χ3v) is 3.24. The summed E-state index contributed by atoms with van der Waals surface area (Å²) in [4.78, 5) is 11.7. The number of carbonyl (C=O) groups excluding carboxylic acids is 1. The third kappa shape index (κ3) is 6.03. The highest BCUT2D eigenvalue weighted by Crippen LogP contribution is 2.11. The van der Waals surface area contributed by atoms with Gasteiger partial charge in [0.25, 0.3) is 0 Å². The standard InChI is InChI=1S/C13H26N2O2/c1-10(9-17-3)7-13(16)14-8-12-6-4-5-11(2)15-12/h10-12,15H,4-9H2,1-3H3,(H,14,16). The van der Waals surface area contributed by atoms with Gasteiger partial charge in [-0.15, -0.1) is 0 Å². The van der Waals surface area contributed by atoms with Crippen LogP contribution in [-0.2, 0) is 9.53 Å². The fourth-order valence-corrected chi connectivity index (χ4v) is 2.37. The molecule has 1 aliphatic rings. The average molecular weight is 242 g/mol. The van der Waals surface area contributed by atoms with Crippen molar-refractivity contribution in [2.24, 2.45) is 5.92 Å². The van der Waals surface area contributed by atoms with Crippen molar-refractivity contribution in [1.29, 1.82) is 0 Å². The molecule has 3 unspecified atom stereocenters. The van der Waals surface area contributed by atoms with E-state index in [1.54, 1.807) is 7.11 Å². The minimum Gasteiger partial charge on any atom is -0.384 e. The van der Waals surface area contributed by atoms with Gasteiger partial charge in [-0.3, -0.25) is 4.79 Å². The molecular weight excluding hydrogens is 216 g/mol. The molecule has 100 valence electrons. The van der Waals surface area contributed by atoms with Gasteiger partial charge in [0.15, 0.2) is 0 Å². The van der Waals surface area contributed by atoms with Gasteiger partial charge in [0.1, 0.15) is 0 Å². The molecule has 0 spiro atoms. The van der Waals surface area contributed by atoms with Gasteiger partial charge >= 0.3 is 0 Å². The molecule has 4 heteroatoms. The van der Waals surface area contributed by atoms with Crippen LogP contribution < -0.4 is 10.6 Å². The summed E-state index contributed by atoms with van der Waals surface area (Å²) in [6, 6.07) is 1.03. The minimum atomic E-state index is 0.134. The SMILES string of the molecule is COCC(C)CC(=O)NCC1CCCC(C)N1. The molecule has 3 atom stereocenters. The van der Waals surface area contributed by atoms with Crippen LogP contribution in [-0.4, -0.2) is 38.3 Å². The molecule has 17 heavy (non-hydrogen) atoms. The van der Waals surface area contributed by atoms with Crippen molar-refractivity contribution in [3.05, 3.63) is 0 Å². The first-order chi connectivity index (χ1) is 8.11. The number of ether oxygens (including phenoxy) is 1. The first-order valence-corrected chi connectivity index (χ1v) is 6.63. The number of amides is 1. The van der Waals surface area contributed by atoms with E-state index in [0.29, 0.717) is 31.0 Å². The van der Waals surface area contributed by atoms with E-state index >= 15 is 0 Å². The Morgan fingerprint density at radius 1 is 1.53 bits per heavy atom. The van der Waals surface area contributed by atoms with E-state index in [1.807, 2.05) is 6.92 Å². The smallest absolute Gasteiger partial charge is 0.220 e. The fraction of sp³-hybridized carbons (Fsp3) is 0.923. The maximum atomic E-state index is 11.7. The van der Waals surface area contributed by atoms with E-state index in [0.717, 1.165) is 13.0 Å². The zero-order valence-electron chi connectivity index (χ0n) is 11.3. The van der Waals surface area contributed by atoms with E-state index < -0.39 is 0 Å². The number of piperidine rings is 1. The Hall–Kier alpha value is -0.610. The topological polar surface area (TPSA) is 50.4 Å². The predicted molar refractivity (Wildman–Crippen MR) is 68.9 cm³/mol. The summed E-state index contributed by atoms with van der Waals surface area (Å²) in [5, 5.41) is 6.52. The second-order valence-electron chi connectivity index (χ2n) is 5.26. The molecule has 0 aliphatic carbocycles. The lowest BCUT2D eigenvalue weighted by atomic mass is 9.99. The summed E-state index contributed by atoms with van der Waals surface area (Å²) in [7, 11) is 1.67. The Morgan fingerprint density at radius 3 is 2.94 bits per heavy atom. The number of rotatable bonds is 6. The summed E-state index contributed by atoms with van der Waals surface area (Å²) >= 11 is 0. The molecule has 0 aromatic heterocycles. The molecule has 0 saturated carbocycles. The molecule has 0 radical (unpaired) electrons. The Labute approximate surface area is 104 Å². The van der Waals surface area contributed by atoms with E-state index in [-0.39, 0.29) is 5.91 Å². The monoisotopic (exact) mass is 242 g/mol. The molecule has 1 fully saturated rings. The molecule has 1 amide bonds. The molecule has 1 saturated heterocycles. The Bertz CT molecular complexity index is 233. The molecular formula is C13H26N2O2. The maximum Gasteiger partial charge on any atom is 0.220 e. The summed E-state index contributed by atoms with van der Waals surface area (Å²) in [6.45, 7) is 5.63. The van der Waals surface area contributed by atoms with Crippen LogP contribution in [0.3, 0.4) is 0 Å². The van der Waals surface area contributed by atoms with Gasteiger partial charge in [-0.05, 0) is 25.7 Å². The maximum absolute atomic E-state index is 11.7. The molecule has 1 aliphatic heterocycles. The van der Waals surface area contributed by atoms with Crippen LogP contribution in [0.15, 0.2) is 0 Å². The van der Waals surface area contributed by atoms with Crippen molar-refractivity contribution in [1.82, 2.24) is 10.6 Å². The van der Waals surface area contributed by atoms with E-state index in [4.69, 9.17) is 4.74 Å². The molecule has 0 aromatic rings. The van der Waals surface area contributed by atoms with Crippen LogP contribution in [0.2, 0.25) is 0 Å². The molecule has 0 aromatic carbocycles. The summed E-state index contributed by atoms with van der Waals surface area (Å²) in [6.07, 6.45) is 4.22. The van der Waals surface area contributed by atoms with Gasteiger partial charge in [-0.25, -0.2) is 0 Å². The van der Waals surface area contributed by atoms with Gasteiger partial charge in [-0.1, -0.05) is 13.3 Å². The molecule has 0 bridgehead atoms. The normalized spacial score (nSPS) is 26.5. The minimum absolute atomic E-state index is 0.134. The van der Waals surface area contributed by atoms with Crippen LogP contribution >= 0.6 is 0 Å². The summed E-state index contributed by atoms with van der Waals surface area (Å²) in [5.74, 6) is 0.424. The second-order valence-corrected chi connectivity index (χ2v) is 5.26. The Kier molecular flexibility index (Phi) is 6.52. The third-order valence-electron chi connectivity index (χ3n) is 3.24. The zero-order chi connectivity index (χ0) is 12.7. The zero-order valence-corrected chi connectivity index (χ0v) is 11.3. The lowest BCUT2D eigenvalue weighted by molar-refractivity contribution is -0.122. The number of nitrogens with one attached hydrogen (secondary N) is 2. The number of hydrogen-bond acceptors (Lipinski definition) is 3. The molecule has 1 rings (SSSR count). The quantitative estimate of drug-likeness (QED) is 0.738.